The molecule has 0 aliphatic carbocycles. The molecular weight excluding hydrogens is 462 g/mol. The van der Waals surface area contributed by atoms with E-state index in [1.807, 2.05) is 0 Å². The lowest BCUT2D eigenvalue weighted by Gasteiger charge is -2.42. The summed E-state index contributed by atoms with van der Waals surface area (Å²) < 4.78 is 2.62. The Morgan fingerprint density at radius 1 is 0.789 bits per heavy atom. The molecule has 1 unspecified atom stereocenters. The summed E-state index contributed by atoms with van der Waals surface area (Å²) in [5.74, 6) is 0.974. The molecule has 0 aromatic rings. The number of hydrogen-bond donors (Lipinski definition) is 0. The number of halogens is 2. The van der Waals surface area contributed by atoms with Gasteiger partial charge in [0.05, 0.1) is 59.8 Å². The average molecular weight is 494 g/mol. The van der Waals surface area contributed by atoms with Crippen molar-refractivity contribution in [3.63, 3.8) is 0 Å². The summed E-state index contributed by atoms with van der Waals surface area (Å²) >= 11 is 0. The number of likely N-dealkylation sites (tertiary alicyclic amines) is 2. The van der Waals surface area contributed by atoms with E-state index in [9.17, 15) is 0 Å². The van der Waals surface area contributed by atoms with Gasteiger partial charge in [0.1, 0.15) is 0 Å². The van der Waals surface area contributed by atoms with Crippen LogP contribution in [0.1, 0.15) is 38.5 Å². The third-order valence-corrected chi connectivity index (χ3v) is 4.97. The van der Waals surface area contributed by atoms with Crippen molar-refractivity contribution in [1.82, 2.24) is 0 Å². The first kappa shape index (κ1) is 20.4. The molecule has 2 rings (SSSR count). The standard InChI is InChI=1S/C15H32N2.2HI/c1-16(2)10-8-9-15(13-16)14-17(3)11-6-4-5-7-12-17;;/h15H,4-14H2,1-3H3;2*1H/q+2;;/p-2. The second kappa shape index (κ2) is 8.73. The first-order chi connectivity index (χ1) is 7.99. The summed E-state index contributed by atoms with van der Waals surface area (Å²) in [6.07, 6.45) is 8.79. The molecule has 0 aromatic heterocycles. The van der Waals surface area contributed by atoms with E-state index in [1.165, 1.54) is 80.2 Å². The molecule has 0 bridgehead atoms. The van der Waals surface area contributed by atoms with E-state index in [0.717, 1.165) is 5.92 Å². The Hall–Kier alpha value is 1.38. The Labute approximate surface area is 154 Å². The van der Waals surface area contributed by atoms with Crippen LogP contribution in [-0.4, -0.2) is 62.8 Å². The van der Waals surface area contributed by atoms with Gasteiger partial charge in [-0.1, -0.05) is 0 Å². The van der Waals surface area contributed by atoms with Gasteiger partial charge in [-0.05, 0) is 38.5 Å². The predicted octanol–water partition coefficient (Wildman–Crippen LogP) is -3.50. The van der Waals surface area contributed by atoms with E-state index in [1.54, 1.807) is 0 Å². The Morgan fingerprint density at radius 2 is 1.37 bits per heavy atom. The third-order valence-electron chi connectivity index (χ3n) is 4.97. The number of hydrogen-bond acceptors (Lipinski definition) is 0. The van der Waals surface area contributed by atoms with Crippen LogP contribution >= 0.6 is 0 Å². The van der Waals surface area contributed by atoms with Gasteiger partial charge in [-0.15, -0.1) is 0 Å². The summed E-state index contributed by atoms with van der Waals surface area (Å²) in [5.41, 5.74) is 0. The van der Waals surface area contributed by atoms with Crippen LogP contribution in [0.25, 0.3) is 0 Å². The molecular formula is C15H32I2N2. The van der Waals surface area contributed by atoms with Crippen LogP contribution in [0.15, 0.2) is 0 Å². The fourth-order valence-corrected chi connectivity index (χ4v) is 4.10. The van der Waals surface area contributed by atoms with Gasteiger partial charge in [0, 0.05) is 0 Å². The molecule has 116 valence electrons. The molecule has 0 N–H and O–H groups in total. The maximum absolute atomic E-state index is 2.51. The van der Waals surface area contributed by atoms with Gasteiger partial charge < -0.3 is 56.9 Å². The summed E-state index contributed by atoms with van der Waals surface area (Å²) in [7, 11) is 7.34. The summed E-state index contributed by atoms with van der Waals surface area (Å²) in [6.45, 7) is 7.11. The first-order valence-electron chi connectivity index (χ1n) is 7.65. The van der Waals surface area contributed by atoms with Gasteiger partial charge >= 0.3 is 0 Å². The predicted molar refractivity (Wildman–Crippen MR) is 73.8 cm³/mol. The van der Waals surface area contributed by atoms with Gasteiger partial charge in [0.25, 0.3) is 0 Å². The highest BCUT2D eigenvalue weighted by atomic mass is 127. The van der Waals surface area contributed by atoms with Crippen LogP contribution in [0, 0.1) is 5.92 Å². The first-order valence-corrected chi connectivity index (χ1v) is 7.65. The zero-order valence-electron chi connectivity index (χ0n) is 13.0. The molecule has 2 aliphatic rings. The maximum Gasteiger partial charge on any atom is 0.0867 e. The van der Waals surface area contributed by atoms with Crippen molar-refractivity contribution in [2.45, 2.75) is 38.5 Å². The number of rotatable bonds is 2. The molecule has 2 fully saturated rings. The fraction of sp³-hybridized carbons (Fsp3) is 1.00. The van der Waals surface area contributed by atoms with E-state index in [0.29, 0.717) is 0 Å². The highest BCUT2D eigenvalue weighted by Gasteiger charge is 2.34. The lowest BCUT2D eigenvalue weighted by Crippen LogP contribution is -3.00. The fourth-order valence-electron chi connectivity index (χ4n) is 4.10. The molecule has 2 aliphatic heterocycles. The molecule has 0 amide bonds. The monoisotopic (exact) mass is 494 g/mol. The number of nitrogens with zero attached hydrogens (tertiary/aromatic N) is 2. The smallest absolute Gasteiger partial charge is 0.0867 e. The Bertz CT molecular complexity index is 249. The SMILES string of the molecule is C[N+]1(C)CCCC(C[N+]2(C)CCCCCC2)C1.[I-].[I-]. The molecule has 0 spiro atoms. The maximum atomic E-state index is 2.51. The number of quaternary nitrogens is 2. The molecule has 0 saturated carbocycles. The van der Waals surface area contributed by atoms with Crippen LogP contribution < -0.4 is 48.0 Å². The molecule has 2 heterocycles. The van der Waals surface area contributed by atoms with Gasteiger partial charge in [0.15, 0.2) is 0 Å². The van der Waals surface area contributed by atoms with Crippen molar-refractivity contribution < 1.29 is 56.9 Å². The van der Waals surface area contributed by atoms with E-state index >= 15 is 0 Å². The molecule has 0 aromatic carbocycles. The van der Waals surface area contributed by atoms with Crippen LogP contribution in [0.4, 0.5) is 0 Å². The third kappa shape index (κ3) is 6.78. The van der Waals surface area contributed by atoms with Crippen LogP contribution in [0.3, 0.4) is 0 Å². The number of piperidine rings is 1. The van der Waals surface area contributed by atoms with Gasteiger partial charge in [0.2, 0.25) is 0 Å². The molecule has 0 radical (unpaired) electrons. The van der Waals surface area contributed by atoms with Crippen LogP contribution in [0.5, 0.6) is 0 Å². The van der Waals surface area contributed by atoms with E-state index in [2.05, 4.69) is 21.1 Å². The molecule has 2 nitrogen and oxygen atoms in total. The van der Waals surface area contributed by atoms with Gasteiger partial charge in [-0.2, -0.15) is 0 Å². The van der Waals surface area contributed by atoms with Gasteiger partial charge in [-0.3, -0.25) is 0 Å². The largest absolute Gasteiger partial charge is 1.00 e. The minimum absolute atomic E-state index is 0. The highest BCUT2D eigenvalue weighted by molar-refractivity contribution is 4.64. The van der Waals surface area contributed by atoms with E-state index in [-0.39, 0.29) is 48.0 Å². The van der Waals surface area contributed by atoms with Crippen molar-refractivity contribution in [2.75, 3.05) is 53.9 Å². The van der Waals surface area contributed by atoms with Gasteiger partial charge in [-0.25, -0.2) is 0 Å². The Morgan fingerprint density at radius 3 is 1.89 bits per heavy atom. The zero-order valence-corrected chi connectivity index (χ0v) is 17.3. The lowest BCUT2D eigenvalue weighted by molar-refractivity contribution is -0.929. The van der Waals surface area contributed by atoms with E-state index < -0.39 is 0 Å². The minimum atomic E-state index is 0. The summed E-state index contributed by atoms with van der Waals surface area (Å²) in [4.78, 5) is 0. The van der Waals surface area contributed by atoms with Crippen molar-refractivity contribution in [3.05, 3.63) is 0 Å². The van der Waals surface area contributed by atoms with Crippen molar-refractivity contribution in [1.29, 1.82) is 0 Å². The van der Waals surface area contributed by atoms with Crippen molar-refractivity contribution in [2.24, 2.45) is 5.92 Å². The normalized spacial score (nSPS) is 29.5. The summed E-state index contributed by atoms with van der Waals surface area (Å²) in [5, 5.41) is 0. The average Bonchev–Trinajstić information content (AvgIpc) is 2.41. The lowest BCUT2D eigenvalue weighted by atomic mass is 9.95. The van der Waals surface area contributed by atoms with E-state index in [4.69, 9.17) is 0 Å². The molecule has 4 heteroatoms. The molecule has 1 atom stereocenters. The molecule has 2 saturated heterocycles. The second-order valence-corrected chi connectivity index (χ2v) is 7.51. The van der Waals surface area contributed by atoms with Crippen molar-refractivity contribution in [3.8, 4) is 0 Å². The molecule has 19 heavy (non-hydrogen) atoms. The topological polar surface area (TPSA) is 0 Å². The zero-order chi connectivity index (χ0) is 12.4. The van der Waals surface area contributed by atoms with Crippen molar-refractivity contribution >= 4 is 0 Å². The van der Waals surface area contributed by atoms with Crippen LogP contribution in [-0.2, 0) is 0 Å². The quantitative estimate of drug-likeness (QED) is 0.277. The Kier molecular flexibility index (Phi) is 9.37. The highest BCUT2D eigenvalue weighted by Crippen LogP contribution is 2.25. The van der Waals surface area contributed by atoms with Crippen LogP contribution in [0.2, 0.25) is 0 Å². The Balaban J connectivity index is 0.00000162. The summed E-state index contributed by atoms with van der Waals surface area (Å²) in [6, 6.07) is 0. The second-order valence-electron chi connectivity index (χ2n) is 7.51. The minimum Gasteiger partial charge on any atom is -1.00 e.